The fourth-order valence-electron chi connectivity index (χ4n) is 8.69. The van der Waals surface area contributed by atoms with E-state index in [0.29, 0.717) is 36.4 Å². The second kappa shape index (κ2) is 15.7. The highest BCUT2D eigenvalue weighted by Crippen LogP contribution is 2.40. The fourth-order valence-corrected chi connectivity index (χ4v) is 10.3. The van der Waals surface area contributed by atoms with Crippen LogP contribution in [0.25, 0.3) is 10.8 Å². The van der Waals surface area contributed by atoms with Crippen LogP contribution in [0.3, 0.4) is 0 Å². The number of carbonyl (C=O) groups excluding carboxylic acids is 4. The molecule has 6 heterocycles. The molecule has 16 nitrogen and oxygen atoms in total. The van der Waals surface area contributed by atoms with E-state index in [-0.39, 0.29) is 72.9 Å². The second-order valence-electron chi connectivity index (χ2n) is 16.7. The normalized spacial score (nSPS) is 24.5. The van der Waals surface area contributed by atoms with Crippen LogP contribution in [-0.4, -0.2) is 119 Å². The number of benzene rings is 2. The van der Waals surface area contributed by atoms with Gasteiger partial charge in [-0.3, -0.25) is 29.4 Å². The lowest BCUT2D eigenvalue weighted by Crippen LogP contribution is -2.57. The SMILES string of the molecule is CC(C)c1ccc(N2C[C@H](CS(=O)(=O)CCNc3cccc4c3C(=O)N(C3CCC(=O)NC3=O)C4=O)[C@H]2C)c2cnc(Nc3ccnc(N4CC[C@@H](O)[C@@](C)(F)C4)n3)cc12. The van der Waals surface area contributed by atoms with Gasteiger partial charge in [0.15, 0.2) is 15.5 Å². The number of nitrogens with zero attached hydrogens (tertiary/aromatic N) is 6. The molecule has 8 rings (SSSR count). The van der Waals surface area contributed by atoms with Crippen molar-refractivity contribution in [3.8, 4) is 0 Å². The number of hydrogen-bond acceptors (Lipinski definition) is 14. The van der Waals surface area contributed by atoms with Crippen LogP contribution in [-0.2, 0) is 19.4 Å². The van der Waals surface area contributed by atoms with Crippen molar-refractivity contribution < 1.29 is 37.1 Å². The summed E-state index contributed by atoms with van der Waals surface area (Å²) in [5, 5.41) is 20.5. The standard InChI is InChI=1S/C42H48FN9O7S/c1-23(2)26-8-9-31(29-19-46-35(18-28(26)29)47-34-12-14-45-41(48-34)50-16-13-33(53)42(4,43)22-50)51-20-25(24(51)3)21-60(58,59)17-15-44-30-7-5-6-27-37(30)40(57)52(39(27)56)32-10-11-36(54)49-38(32)55/h5-9,12,14,18-19,23-25,32-33,44,53H,10-11,13,15-17,20-22H2,1-4H3,(H,49,54,55)(H,45,46,47,48)/t24-,25-,32?,33-,42+/m1/s1. The molecular weight excluding hydrogens is 794 g/mol. The van der Waals surface area contributed by atoms with Crippen LogP contribution in [0.4, 0.5) is 33.3 Å². The maximum absolute atomic E-state index is 14.9. The summed E-state index contributed by atoms with van der Waals surface area (Å²) in [7, 11) is -3.54. The van der Waals surface area contributed by atoms with Crippen LogP contribution >= 0.6 is 0 Å². The van der Waals surface area contributed by atoms with Gasteiger partial charge in [-0.2, -0.15) is 4.98 Å². The Balaban J connectivity index is 0.912. The van der Waals surface area contributed by atoms with Gasteiger partial charge in [0.05, 0.1) is 35.3 Å². The van der Waals surface area contributed by atoms with Crippen LogP contribution in [0.15, 0.2) is 54.9 Å². The van der Waals surface area contributed by atoms with E-state index in [1.165, 1.54) is 13.0 Å². The third-order valence-corrected chi connectivity index (χ3v) is 13.9. The van der Waals surface area contributed by atoms with Crippen LogP contribution in [0.2, 0.25) is 0 Å². The second-order valence-corrected chi connectivity index (χ2v) is 18.9. The van der Waals surface area contributed by atoms with Gasteiger partial charge in [0, 0.05) is 67.2 Å². The van der Waals surface area contributed by atoms with Gasteiger partial charge in [0.25, 0.3) is 11.8 Å². The molecule has 4 aliphatic heterocycles. The first-order valence-electron chi connectivity index (χ1n) is 20.2. The van der Waals surface area contributed by atoms with Gasteiger partial charge in [0.1, 0.15) is 17.7 Å². The smallest absolute Gasteiger partial charge is 0.264 e. The Hall–Kier alpha value is -5.75. The van der Waals surface area contributed by atoms with Gasteiger partial charge in [-0.15, -0.1) is 0 Å². The predicted molar refractivity (Wildman–Crippen MR) is 224 cm³/mol. The molecule has 0 spiro atoms. The van der Waals surface area contributed by atoms with E-state index in [9.17, 15) is 37.1 Å². The molecule has 4 aromatic rings. The van der Waals surface area contributed by atoms with Gasteiger partial charge < -0.3 is 25.5 Å². The Morgan fingerprint density at radius 1 is 1.03 bits per heavy atom. The molecule has 3 fully saturated rings. The first-order chi connectivity index (χ1) is 28.5. The number of sulfone groups is 1. The van der Waals surface area contributed by atoms with Crippen molar-refractivity contribution in [1.82, 2.24) is 25.2 Å². The van der Waals surface area contributed by atoms with Crippen molar-refractivity contribution in [2.75, 3.05) is 58.1 Å². The number of carbonyl (C=O) groups is 4. The molecule has 4 amide bonds. The van der Waals surface area contributed by atoms with Crippen molar-refractivity contribution >= 4 is 73.2 Å². The minimum atomic E-state index is -3.54. The summed E-state index contributed by atoms with van der Waals surface area (Å²) in [5.41, 5.74) is 0.781. The molecular formula is C42H48FN9O7S. The average molecular weight is 842 g/mol. The Morgan fingerprint density at radius 3 is 2.57 bits per heavy atom. The summed E-state index contributed by atoms with van der Waals surface area (Å²) in [6.45, 7) is 8.56. The van der Waals surface area contributed by atoms with Crippen molar-refractivity contribution in [2.45, 2.75) is 76.7 Å². The zero-order valence-corrected chi connectivity index (χ0v) is 34.6. The lowest BCUT2D eigenvalue weighted by Gasteiger charge is -2.48. The number of aliphatic hydroxyl groups excluding tert-OH is 1. The number of fused-ring (bicyclic) bond motifs is 2. The molecule has 5 atom stereocenters. The molecule has 18 heteroatoms. The van der Waals surface area contributed by atoms with E-state index in [1.807, 2.05) is 19.2 Å². The molecule has 4 N–H and O–H groups in total. The number of anilines is 5. The van der Waals surface area contributed by atoms with Crippen molar-refractivity contribution in [1.29, 1.82) is 0 Å². The Morgan fingerprint density at radius 2 is 1.83 bits per heavy atom. The zero-order valence-electron chi connectivity index (χ0n) is 33.8. The third kappa shape index (κ3) is 7.73. The van der Waals surface area contributed by atoms with Gasteiger partial charge >= 0.3 is 0 Å². The van der Waals surface area contributed by atoms with Crippen molar-refractivity contribution in [2.24, 2.45) is 5.92 Å². The number of halogens is 1. The van der Waals surface area contributed by atoms with E-state index in [4.69, 9.17) is 4.98 Å². The van der Waals surface area contributed by atoms with E-state index in [2.05, 4.69) is 56.8 Å². The maximum Gasteiger partial charge on any atom is 0.264 e. The molecule has 3 saturated heterocycles. The van der Waals surface area contributed by atoms with E-state index >= 15 is 0 Å². The van der Waals surface area contributed by atoms with Crippen LogP contribution in [0.1, 0.15) is 79.2 Å². The lowest BCUT2D eigenvalue weighted by molar-refractivity contribution is -0.136. The Kier molecular flexibility index (Phi) is 10.7. The zero-order chi connectivity index (χ0) is 42.7. The average Bonchev–Trinajstić information content (AvgIpc) is 3.45. The summed E-state index contributed by atoms with van der Waals surface area (Å²) < 4.78 is 41.8. The largest absolute Gasteiger partial charge is 0.390 e. The number of aliphatic hydroxyl groups is 1. The number of imide groups is 2. The van der Waals surface area contributed by atoms with Gasteiger partial charge in [-0.25, -0.2) is 22.8 Å². The molecule has 60 heavy (non-hydrogen) atoms. The number of pyridine rings is 1. The molecule has 1 unspecified atom stereocenters. The quantitative estimate of drug-likeness (QED) is 0.149. The molecule has 2 aromatic carbocycles. The molecule has 0 bridgehead atoms. The maximum atomic E-state index is 14.9. The highest BCUT2D eigenvalue weighted by atomic mass is 32.2. The monoisotopic (exact) mass is 841 g/mol. The van der Waals surface area contributed by atoms with E-state index in [1.54, 1.807) is 29.3 Å². The van der Waals surface area contributed by atoms with Gasteiger partial charge in [0.2, 0.25) is 17.8 Å². The number of aromatic nitrogens is 3. The molecule has 4 aliphatic rings. The van der Waals surface area contributed by atoms with Gasteiger partial charge in [-0.05, 0) is 73.9 Å². The number of amides is 4. The molecule has 0 radical (unpaired) electrons. The summed E-state index contributed by atoms with van der Waals surface area (Å²) in [5.74, 6) is -1.21. The van der Waals surface area contributed by atoms with E-state index in [0.717, 1.165) is 26.9 Å². The third-order valence-electron chi connectivity index (χ3n) is 12.2. The lowest BCUT2D eigenvalue weighted by atomic mass is 9.88. The minimum absolute atomic E-state index is 0.00258. The number of nitrogens with one attached hydrogen (secondary N) is 3. The Bertz CT molecular complexity index is 2520. The van der Waals surface area contributed by atoms with Gasteiger partial charge in [-0.1, -0.05) is 26.0 Å². The molecule has 2 aromatic heterocycles. The number of rotatable bonds is 12. The molecule has 316 valence electrons. The van der Waals surface area contributed by atoms with Crippen molar-refractivity contribution in [3.63, 3.8) is 0 Å². The summed E-state index contributed by atoms with van der Waals surface area (Å²) in [4.78, 5) is 69.3. The molecule has 0 aliphatic carbocycles. The topological polar surface area (TPSA) is 207 Å². The Labute approximate surface area is 346 Å². The first kappa shape index (κ1) is 41.0. The fraction of sp³-hybridized carbons (Fsp3) is 0.452. The first-order valence-corrected chi connectivity index (χ1v) is 22.0. The van der Waals surface area contributed by atoms with Crippen LogP contribution in [0.5, 0.6) is 0 Å². The summed E-state index contributed by atoms with van der Waals surface area (Å²) >= 11 is 0. The van der Waals surface area contributed by atoms with Crippen LogP contribution in [0, 0.1) is 5.92 Å². The van der Waals surface area contributed by atoms with Crippen LogP contribution < -0.4 is 25.8 Å². The summed E-state index contributed by atoms with van der Waals surface area (Å²) in [6, 6.07) is 11.3. The number of alkyl halides is 1. The predicted octanol–water partition coefficient (Wildman–Crippen LogP) is 3.94. The number of piperidine rings is 2. The minimum Gasteiger partial charge on any atom is -0.390 e. The molecule has 0 saturated carbocycles. The summed E-state index contributed by atoms with van der Waals surface area (Å²) in [6.07, 6.45) is 2.68. The van der Waals surface area contributed by atoms with E-state index < -0.39 is 51.3 Å². The highest BCUT2D eigenvalue weighted by Gasteiger charge is 2.46. The van der Waals surface area contributed by atoms with Crippen molar-refractivity contribution in [3.05, 3.63) is 71.5 Å². The highest BCUT2D eigenvalue weighted by molar-refractivity contribution is 7.91. The number of hydrogen-bond donors (Lipinski definition) is 4.